The fourth-order valence-corrected chi connectivity index (χ4v) is 1.27. The molecule has 1 heterocycles. The summed E-state index contributed by atoms with van der Waals surface area (Å²) in [5, 5.41) is 0. The van der Waals surface area contributed by atoms with Crippen LogP contribution in [-0.2, 0) is 0 Å². The zero-order valence-corrected chi connectivity index (χ0v) is 8.47. The number of anilines is 1. The van der Waals surface area contributed by atoms with Gasteiger partial charge in [-0.2, -0.15) is 0 Å². The molecule has 0 fully saturated rings. The highest BCUT2D eigenvalue weighted by molar-refractivity contribution is 5.50. The molecule has 1 rings (SSSR count). The van der Waals surface area contributed by atoms with Gasteiger partial charge >= 0.3 is 0 Å². The Kier molecular flexibility index (Phi) is 2.36. The molecule has 0 saturated heterocycles. The maximum atomic E-state index is 4.36. The van der Waals surface area contributed by atoms with Crippen molar-refractivity contribution in [3.05, 3.63) is 22.9 Å². The van der Waals surface area contributed by atoms with E-state index in [1.54, 1.807) is 0 Å². The monoisotopic (exact) mass is 164 g/mol. The lowest BCUT2D eigenvalue weighted by Gasteiger charge is -2.16. The lowest BCUT2D eigenvalue weighted by molar-refractivity contribution is 1.03. The average molecular weight is 164 g/mol. The Morgan fingerprint density at radius 2 is 1.67 bits per heavy atom. The normalized spacial score (nSPS) is 10.1. The predicted octanol–water partition coefficient (Wildman–Crippen LogP) is 2.07. The Labute approximate surface area is 74.2 Å². The van der Waals surface area contributed by atoms with Crippen LogP contribution < -0.4 is 4.90 Å². The summed E-state index contributed by atoms with van der Waals surface area (Å²) < 4.78 is 0. The zero-order valence-electron chi connectivity index (χ0n) is 8.47. The lowest BCUT2D eigenvalue weighted by Crippen LogP contribution is -2.13. The van der Waals surface area contributed by atoms with Crippen molar-refractivity contribution in [2.24, 2.45) is 0 Å². The molecule has 1 aromatic rings. The number of hydrogen-bond acceptors (Lipinski definition) is 2. The quantitative estimate of drug-likeness (QED) is 0.631. The van der Waals surface area contributed by atoms with Gasteiger partial charge in [-0.25, -0.2) is 4.98 Å². The van der Waals surface area contributed by atoms with E-state index in [0.717, 1.165) is 5.82 Å². The van der Waals surface area contributed by atoms with Gasteiger partial charge < -0.3 is 4.90 Å². The largest absolute Gasteiger partial charge is 0.363 e. The zero-order chi connectivity index (χ0) is 9.30. The summed E-state index contributed by atoms with van der Waals surface area (Å²) in [6.07, 6.45) is 1.93. The fraction of sp³-hybridized carbons (Fsp3) is 0.500. The van der Waals surface area contributed by atoms with Gasteiger partial charge in [0.1, 0.15) is 5.82 Å². The second kappa shape index (κ2) is 3.13. The Morgan fingerprint density at radius 3 is 2.17 bits per heavy atom. The fourth-order valence-electron chi connectivity index (χ4n) is 1.27. The number of hydrogen-bond donors (Lipinski definition) is 0. The number of nitrogens with zero attached hydrogens (tertiary/aromatic N) is 2. The summed E-state index contributed by atoms with van der Waals surface area (Å²) >= 11 is 0. The topological polar surface area (TPSA) is 16.1 Å². The highest BCUT2D eigenvalue weighted by atomic mass is 15.1. The van der Waals surface area contributed by atoms with Crippen molar-refractivity contribution >= 4 is 5.82 Å². The predicted molar refractivity (Wildman–Crippen MR) is 52.8 cm³/mol. The van der Waals surface area contributed by atoms with Crippen LogP contribution in [0.4, 0.5) is 5.82 Å². The van der Waals surface area contributed by atoms with Gasteiger partial charge in [0.2, 0.25) is 0 Å². The van der Waals surface area contributed by atoms with Crippen LogP contribution in [0.15, 0.2) is 6.20 Å². The molecule has 66 valence electrons. The van der Waals surface area contributed by atoms with Gasteiger partial charge in [-0.15, -0.1) is 0 Å². The van der Waals surface area contributed by atoms with Gasteiger partial charge in [-0.1, -0.05) is 0 Å². The molecule has 12 heavy (non-hydrogen) atoms. The first-order chi connectivity index (χ1) is 5.54. The highest BCUT2D eigenvalue weighted by Gasteiger charge is 2.05. The van der Waals surface area contributed by atoms with Crippen LogP contribution in [0.1, 0.15) is 16.7 Å². The van der Waals surface area contributed by atoms with Crippen LogP contribution in [0.5, 0.6) is 0 Å². The highest BCUT2D eigenvalue weighted by Crippen LogP contribution is 2.19. The van der Waals surface area contributed by atoms with Crippen molar-refractivity contribution in [3.63, 3.8) is 0 Å². The third kappa shape index (κ3) is 1.42. The van der Waals surface area contributed by atoms with E-state index in [2.05, 4.69) is 25.8 Å². The van der Waals surface area contributed by atoms with Crippen LogP contribution >= 0.6 is 0 Å². The van der Waals surface area contributed by atoms with Crippen molar-refractivity contribution in [1.82, 2.24) is 4.98 Å². The summed E-state index contributed by atoms with van der Waals surface area (Å²) in [5.41, 5.74) is 3.88. The van der Waals surface area contributed by atoms with Crippen molar-refractivity contribution in [1.29, 1.82) is 0 Å². The third-order valence-corrected chi connectivity index (χ3v) is 2.29. The van der Waals surface area contributed by atoms with E-state index in [4.69, 9.17) is 0 Å². The molecule has 2 heteroatoms. The number of aromatic nitrogens is 1. The summed E-state index contributed by atoms with van der Waals surface area (Å²) in [7, 11) is 4.04. The molecule has 0 aliphatic rings. The minimum absolute atomic E-state index is 1.07. The van der Waals surface area contributed by atoms with Crippen LogP contribution in [0.3, 0.4) is 0 Å². The van der Waals surface area contributed by atoms with Crippen molar-refractivity contribution < 1.29 is 0 Å². The summed E-state index contributed by atoms with van der Waals surface area (Å²) in [6, 6.07) is 0. The molecule has 0 N–H and O–H groups in total. The molecular formula is C10H16N2. The van der Waals surface area contributed by atoms with Crippen molar-refractivity contribution in [2.45, 2.75) is 20.8 Å². The molecule has 0 unspecified atom stereocenters. The van der Waals surface area contributed by atoms with Gasteiger partial charge in [0.25, 0.3) is 0 Å². The molecule has 0 saturated carbocycles. The molecule has 1 aromatic heterocycles. The summed E-state index contributed by atoms with van der Waals surface area (Å²) in [5.74, 6) is 1.07. The van der Waals surface area contributed by atoms with Crippen LogP contribution in [0.25, 0.3) is 0 Å². The Hall–Kier alpha value is -1.05. The minimum atomic E-state index is 1.07. The maximum absolute atomic E-state index is 4.36. The molecule has 0 radical (unpaired) electrons. The molecule has 2 nitrogen and oxygen atoms in total. The number of aryl methyl sites for hydroxylation is 1. The second-order valence-corrected chi connectivity index (χ2v) is 3.41. The maximum Gasteiger partial charge on any atom is 0.131 e. The smallest absolute Gasteiger partial charge is 0.131 e. The van der Waals surface area contributed by atoms with Gasteiger partial charge in [-0.3, -0.25) is 0 Å². The van der Waals surface area contributed by atoms with Gasteiger partial charge in [0.15, 0.2) is 0 Å². The van der Waals surface area contributed by atoms with Crippen molar-refractivity contribution in [3.8, 4) is 0 Å². The first-order valence-corrected chi connectivity index (χ1v) is 4.14. The van der Waals surface area contributed by atoms with E-state index in [9.17, 15) is 0 Å². The second-order valence-electron chi connectivity index (χ2n) is 3.41. The molecule has 0 amide bonds. The van der Waals surface area contributed by atoms with E-state index in [-0.39, 0.29) is 0 Å². The van der Waals surface area contributed by atoms with E-state index in [0.29, 0.717) is 0 Å². The van der Waals surface area contributed by atoms with Crippen molar-refractivity contribution in [2.75, 3.05) is 19.0 Å². The standard InChI is InChI=1S/C10H16N2/c1-7-6-11-10(12(4)5)9(3)8(7)2/h6H,1-5H3. The molecule has 0 bridgehead atoms. The van der Waals surface area contributed by atoms with E-state index in [1.807, 2.05) is 25.2 Å². The molecule has 0 aromatic carbocycles. The number of rotatable bonds is 1. The van der Waals surface area contributed by atoms with Gasteiger partial charge in [0.05, 0.1) is 0 Å². The molecular weight excluding hydrogens is 148 g/mol. The minimum Gasteiger partial charge on any atom is -0.363 e. The first-order valence-electron chi connectivity index (χ1n) is 4.14. The van der Waals surface area contributed by atoms with Crippen LogP contribution in [-0.4, -0.2) is 19.1 Å². The Balaban J connectivity index is 3.27. The van der Waals surface area contributed by atoms with Gasteiger partial charge in [-0.05, 0) is 37.5 Å². The average Bonchev–Trinajstić information content (AvgIpc) is 2.00. The van der Waals surface area contributed by atoms with Gasteiger partial charge in [0, 0.05) is 20.3 Å². The van der Waals surface area contributed by atoms with E-state index >= 15 is 0 Å². The lowest BCUT2D eigenvalue weighted by atomic mass is 10.1. The summed E-state index contributed by atoms with van der Waals surface area (Å²) in [4.78, 5) is 6.41. The molecule has 0 aliphatic heterocycles. The molecule has 0 atom stereocenters. The van der Waals surface area contributed by atoms with Crippen LogP contribution in [0, 0.1) is 20.8 Å². The Morgan fingerprint density at radius 1 is 1.08 bits per heavy atom. The van der Waals surface area contributed by atoms with E-state index < -0.39 is 0 Å². The number of pyridine rings is 1. The third-order valence-electron chi connectivity index (χ3n) is 2.29. The SMILES string of the molecule is Cc1cnc(N(C)C)c(C)c1C. The first kappa shape index (κ1) is 9.04. The van der Waals surface area contributed by atoms with E-state index in [1.165, 1.54) is 16.7 Å². The molecule has 0 aliphatic carbocycles. The molecule has 0 spiro atoms. The summed E-state index contributed by atoms with van der Waals surface area (Å²) in [6.45, 7) is 6.35. The Bertz CT molecular complexity index is 290. The van der Waals surface area contributed by atoms with Crippen LogP contribution in [0.2, 0.25) is 0 Å².